The zero-order valence-electron chi connectivity index (χ0n) is 9.99. The molecule has 0 aromatic heterocycles. The average Bonchev–Trinajstić information content (AvgIpc) is 2.28. The summed E-state index contributed by atoms with van der Waals surface area (Å²) in [5.74, 6) is 0. The van der Waals surface area contributed by atoms with Crippen molar-refractivity contribution in [1.82, 2.24) is 0 Å². The molecule has 0 amide bonds. The Morgan fingerprint density at radius 1 is 1.17 bits per heavy atom. The Hall–Kier alpha value is -1.07. The highest BCUT2D eigenvalue weighted by atomic mass is 19.4. The van der Waals surface area contributed by atoms with Gasteiger partial charge in [0.05, 0.1) is 12.7 Å². The number of aliphatic hydroxyl groups is 1. The van der Waals surface area contributed by atoms with Crippen molar-refractivity contribution in [2.24, 2.45) is 0 Å². The van der Waals surface area contributed by atoms with Crippen LogP contribution in [0.1, 0.15) is 18.4 Å². The number of alkyl halides is 3. The maximum absolute atomic E-state index is 11.8. The highest BCUT2D eigenvalue weighted by Crippen LogP contribution is 2.15. The van der Waals surface area contributed by atoms with Gasteiger partial charge in [-0.1, -0.05) is 30.3 Å². The third-order valence-corrected chi connectivity index (χ3v) is 2.42. The molecule has 5 heteroatoms. The van der Waals surface area contributed by atoms with Crippen molar-refractivity contribution in [3.8, 4) is 0 Å². The summed E-state index contributed by atoms with van der Waals surface area (Å²) in [5, 5.41) is 9.43. The predicted octanol–water partition coefficient (Wildman–Crippen LogP) is 2.95. The Morgan fingerprint density at radius 2 is 1.83 bits per heavy atom. The number of hydrogen-bond acceptors (Lipinski definition) is 2. The summed E-state index contributed by atoms with van der Waals surface area (Å²) in [6.07, 6.45) is -3.20. The summed E-state index contributed by atoms with van der Waals surface area (Å²) in [6, 6.07) is 9.73. The van der Waals surface area contributed by atoms with Crippen LogP contribution in [0.2, 0.25) is 0 Å². The quantitative estimate of drug-likeness (QED) is 0.818. The van der Waals surface area contributed by atoms with E-state index >= 15 is 0 Å². The first-order valence-corrected chi connectivity index (χ1v) is 5.84. The number of hydrogen-bond donors (Lipinski definition) is 1. The minimum atomic E-state index is -4.33. The fraction of sp³-hybridized carbons (Fsp3) is 0.538. The van der Waals surface area contributed by atoms with Crippen LogP contribution < -0.4 is 0 Å². The number of aryl methyl sites for hydroxylation is 1. The summed E-state index contributed by atoms with van der Waals surface area (Å²) in [7, 11) is 0. The third kappa shape index (κ3) is 7.29. The van der Waals surface area contributed by atoms with E-state index in [0.717, 1.165) is 18.4 Å². The Balaban J connectivity index is 2.09. The molecule has 1 rings (SSSR count). The van der Waals surface area contributed by atoms with Gasteiger partial charge in [0.25, 0.3) is 0 Å². The summed E-state index contributed by atoms with van der Waals surface area (Å²) < 4.78 is 39.7. The predicted molar refractivity (Wildman–Crippen MR) is 62.3 cm³/mol. The van der Waals surface area contributed by atoms with Crippen molar-refractivity contribution in [1.29, 1.82) is 0 Å². The second-order valence-electron chi connectivity index (χ2n) is 4.16. The molecule has 0 aliphatic rings. The molecule has 1 aromatic carbocycles. The van der Waals surface area contributed by atoms with Gasteiger partial charge in [-0.2, -0.15) is 13.2 Å². The lowest BCUT2D eigenvalue weighted by molar-refractivity contribution is -0.179. The second-order valence-corrected chi connectivity index (χ2v) is 4.16. The molecule has 1 aromatic rings. The van der Waals surface area contributed by atoms with Gasteiger partial charge in [-0.15, -0.1) is 0 Å². The van der Waals surface area contributed by atoms with Crippen LogP contribution in [0.25, 0.3) is 0 Å². The van der Waals surface area contributed by atoms with Gasteiger partial charge in [-0.3, -0.25) is 0 Å². The molecule has 2 nitrogen and oxygen atoms in total. The molecule has 0 aliphatic heterocycles. The molecule has 1 atom stereocenters. The molecule has 102 valence electrons. The van der Waals surface area contributed by atoms with Gasteiger partial charge in [0, 0.05) is 0 Å². The van der Waals surface area contributed by atoms with Crippen molar-refractivity contribution in [3.63, 3.8) is 0 Å². The van der Waals surface area contributed by atoms with Gasteiger partial charge in [0.15, 0.2) is 0 Å². The number of aliphatic hydroxyl groups excluding tert-OH is 1. The monoisotopic (exact) mass is 262 g/mol. The largest absolute Gasteiger partial charge is 0.411 e. The van der Waals surface area contributed by atoms with E-state index in [9.17, 15) is 18.3 Å². The smallest absolute Gasteiger partial charge is 0.391 e. The van der Waals surface area contributed by atoms with Crippen LogP contribution >= 0.6 is 0 Å². The van der Waals surface area contributed by atoms with Gasteiger partial charge >= 0.3 is 6.18 Å². The summed E-state index contributed by atoms with van der Waals surface area (Å²) in [4.78, 5) is 0. The SMILES string of the molecule is OC(CCCc1ccccc1)COCC(F)(F)F. The number of rotatable bonds is 7. The van der Waals surface area contributed by atoms with Gasteiger partial charge < -0.3 is 9.84 Å². The lowest BCUT2D eigenvalue weighted by Gasteiger charge is -2.12. The molecular formula is C13H17F3O2. The lowest BCUT2D eigenvalue weighted by atomic mass is 10.1. The number of halogens is 3. The van der Waals surface area contributed by atoms with Crippen LogP contribution in [0, 0.1) is 0 Å². The number of benzene rings is 1. The van der Waals surface area contributed by atoms with E-state index in [1.54, 1.807) is 0 Å². The van der Waals surface area contributed by atoms with Crippen molar-refractivity contribution in [2.45, 2.75) is 31.5 Å². The molecule has 0 bridgehead atoms. The van der Waals surface area contributed by atoms with Crippen LogP contribution in [0.3, 0.4) is 0 Å². The summed E-state index contributed by atoms with van der Waals surface area (Å²) in [5.41, 5.74) is 1.15. The van der Waals surface area contributed by atoms with Gasteiger partial charge in [-0.25, -0.2) is 0 Å². The van der Waals surface area contributed by atoms with E-state index in [1.807, 2.05) is 30.3 Å². The first-order chi connectivity index (χ1) is 8.47. The van der Waals surface area contributed by atoms with E-state index in [1.165, 1.54) is 0 Å². The van der Waals surface area contributed by atoms with Crippen LogP contribution in [-0.2, 0) is 11.2 Å². The molecule has 0 saturated carbocycles. The van der Waals surface area contributed by atoms with E-state index in [2.05, 4.69) is 4.74 Å². The Labute approximate surface area is 104 Å². The first kappa shape index (κ1) is 15.0. The Kier molecular flexibility index (Phi) is 6.15. The maximum atomic E-state index is 11.8. The molecular weight excluding hydrogens is 245 g/mol. The highest BCUT2D eigenvalue weighted by Gasteiger charge is 2.27. The van der Waals surface area contributed by atoms with Crippen LogP contribution in [-0.4, -0.2) is 30.6 Å². The normalized spacial score (nSPS) is 13.6. The number of ether oxygens (including phenoxy) is 1. The van der Waals surface area contributed by atoms with E-state index in [-0.39, 0.29) is 6.61 Å². The van der Waals surface area contributed by atoms with Gasteiger partial charge in [-0.05, 0) is 24.8 Å². The van der Waals surface area contributed by atoms with Crippen molar-refractivity contribution in [3.05, 3.63) is 35.9 Å². The van der Waals surface area contributed by atoms with Crippen molar-refractivity contribution < 1.29 is 23.0 Å². The van der Waals surface area contributed by atoms with E-state index in [4.69, 9.17) is 0 Å². The molecule has 0 saturated heterocycles. The third-order valence-electron chi connectivity index (χ3n) is 2.42. The summed E-state index contributed by atoms with van der Waals surface area (Å²) >= 11 is 0. The molecule has 1 unspecified atom stereocenters. The second kappa shape index (κ2) is 7.38. The van der Waals surface area contributed by atoms with Crippen LogP contribution in [0.5, 0.6) is 0 Å². The van der Waals surface area contributed by atoms with E-state index in [0.29, 0.717) is 6.42 Å². The van der Waals surface area contributed by atoms with Crippen molar-refractivity contribution >= 4 is 0 Å². The minimum absolute atomic E-state index is 0.270. The van der Waals surface area contributed by atoms with E-state index < -0.39 is 18.9 Å². The Morgan fingerprint density at radius 3 is 2.44 bits per heavy atom. The zero-order valence-corrected chi connectivity index (χ0v) is 9.99. The van der Waals surface area contributed by atoms with Gasteiger partial charge in [0.1, 0.15) is 6.61 Å². The molecule has 0 radical (unpaired) electrons. The van der Waals surface area contributed by atoms with Gasteiger partial charge in [0.2, 0.25) is 0 Å². The molecule has 0 spiro atoms. The fourth-order valence-corrected chi connectivity index (χ4v) is 1.58. The van der Waals surface area contributed by atoms with Crippen molar-refractivity contribution in [2.75, 3.05) is 13.2 Å². The average molecular weight is 262 g/mol. The topological polar surface area (TPSA) is 29.5 Å². The lowest BCUT2D eigenvalue weighted by Crippen LogP contribution is -2.22. The molecule has 1 N–H and O–H groups in total. The standard InChI is InChI=1S/C13H17F3O2/c14-13(15,16)10-18-9-12(17)8-4-7-11-5-2-1-3-6-11/h1-3,5-6,12,17H,4,7-10H2. The maximum Gasteiger partial charge on any atom is 0.411 e. The molecule has 0 aliphatic carbocycles. The molecule has 0 fully saturated rings. The zero-order chi connectivity index (χ0) is 13.4. The summed E-state index contributed by atoms with van der Waals surface area (Å²) in [6.45, 7) is -1.57. The molecule has 18 heavy (non-hydrogen) atoms. The Bertz CT molecular complexity index is 325. The van der Waals surface area contributed by atoms with Crippen LogP contribution in [0.4, 0.5) is 13.2 Å². The fourth-order valence-electron chi connectivity index (χ4n) is 1.58. The van der Waals surface area contributed by atoms with Crippen LogP contribution in [0.15, 0.2) is 30.3 Å². The molecule has 0 heterocycles. The highest BCUT2D eigenvalue weighted by molar-refractivity contribution is 5.14. The minimum Gasteiger partial charge on any atom is -0.391 e. The first-order valence-electron chi connectivity index (χ1n) is 5.84.